The molecule has 0 unspecified atom stereocenters. The first kappa shape index (κ1) is 20.1. The number of nitrogen functional groups attached to an aromatic ring is 2. The number of hydrogen-bond donors (Lipinski definition) is 4. The number of hydrogen-bond acceptors (Lipinski definition) is 4. The lowest BCUT2D eigenvalue weighted by Gasteiger charge is -2.11. The zero-order valence-corrected chi connectivity index (χ0v) is 16.3. The van der Waals surface area contributed by atoms with Gasteiger partial charge in [0.2, 0.25) is 0 Å². The van der Waals surface area contributed by atoms with Crippen molar-refractivity contribution in [3.8, 4) is 22.5 Å². The van der Waals surface area contributed by atoms with Gasteiger partial charge in [-0.3, -0.25) is 4.79 Å². The quantitative estimate of drug-likeness (QED) is 0.367. The number of amides is 1. The predicted octanol–water partition coefficient (Wildman–Crippen LogP) is 4.12. The molecule has 1 amide bonds. The molecule has 5 rings (SSSR count). The number of nitrogens with zero attached hydrogens (tertiary/aromatic N) is 1. The minimum atomic E-state index is -0.405. The Morgan fingerprint density at radius 2 is 1.55 bits per heavy atom. The van der Waals surface area contributed by atoms with Crippen LogP contribution in [0, 0.1) is 11.6 Å². The number of aromatic nitrogens is 2. The van der Waals surface area contributed by atoms with E-state index in [1.54, 1.807) is 30.6 Å². The third-order valence-electron chi connectivity index (χ3n) is 4.87. The molecule has 0 aliphatic carbocycles. The van der Waals surface area contributed by atoms with E-state index in [1.165, 1.54) is 30.3 Å². The van der Waals surface area contributed by atoms with Crippen molar-refractivity contribution in [1.82, 2.24) is 15.3 Å². The van der Waals surface area contributed by atoms with Gasteiger partial charge in [-0.15, -0.1) is 0 Å². The molecule has 3 aromatic carbocycles. The Hall–Kier alpha value is -4.20. The third-order valence-corrected chi connectivity index (χ3v) is 4.87. The van der Waals surface area contributed by atoms with Gasteiger partial charge in [0.25, 0.3) is 5.91 Å². The van der Waals surface area contributed by atoms with E-state index in [2.05, 4.69) is 15.3 Å². The van der Waals surface area contributed by atoms with Gasteiger partial charge in [-0.25, -0.2) is 13.8 Å². The van der Waals surface area contributed by atoms with E-state index in [0.29, 0.717) is 46.0 Å². The minimum Gasteiger partial charge on any atom is -0.399 e. The van der Waals surface area contributed by atoms with E-state index < -0.39 is 5.82 Å². The van der Waals surface area contributed by atoms with Crippen molar-refractivity contribution < 1.29 is 13.6 Å². The van der Waals surface area contributed by atoms with Gasteiger partial charge in [-0.1, -0.05) is 6.07 Å². The summed E-state index contributed by atoms with van der Waals surface area (Å²) in [4.78, 5) is 19.4. The first-order valence-corrected chi connectivity index (χ1v) is 9.44. The van der Waals surface area contributed by atoms with Crippen molar-refractivity contribution in [3.05, 3.63) is 89.8 Å². The molecule has 1 aromatic heterocycles. The highest BCUT2D eigenvalue weighted by atomic mass is 19.1. The van der Waals surface area contributed by atoms with Crippen LogP contribution < -0.4 is 16.8 Å². The van der Waals surface area contributed by atoms with E-state index in [-0.39, 0.29) is 11.7 Å². The fourth-order valence-electron chi connectivity index (χ4n) is 3.42. The molecule has 0 bridgehead atoms. The number of fused-ring (bicyclic) bond motifs is 1. The highest BCUT2D eigenvalue weighted by Crippen LogP contribution is 2.36. The van der Waals surface area contributed by atoms with Crippen molar-refractivity contribution in [2.24, 2.45) is 0 Å². The van der Waals surface area contributed by atoms with Gasteiger partial charge >= 0.3 is 0 Å². The lowest BCUT2D eigenvalue weighted by Crippen LogP contribution is -2.13. The van der Waals surface area contributed by atoms with Crippen LogP contribution in [0.1, 0.15) is 15.9 Å². The Kier molecular flexibility index (Phi) is 5.36. The van der Waals surface area contributed by atoms with Gasteiger partial charge in [0.1, 0.15) is 17.5 Å². The average Bonchev–Trinajstić information content (AvgIpc) is 3.41. The first-order valence-electron chi connectivity index (χ1n) is 9.44. The van der Waals surface area contributed by atoms with Gasteiger partial charge in [-0.05, 0) is 59.7 Å². The monoisotopic (exact) mass is 419 g/mol. The number of nitrogens with one attached hydrogen (secondary N) is 2. The number of H-pyrrole nitrogens is 1. The number of carbonyl (C=O) groups is 1. The van der Waals surface area contributed by atoms with Crippen LogP contribution in [-0.2, 0) is 6.54 Å². The summed E-state index contributed by atoms with van der Waals surface area (Å²) in [5.41, 5.74) is 15.0. The van der Waals surface area contributed by atoms with Crippen LogP contribution in [0.3, 0.4) is 0 Å². The van der Waals surface area contributed by atoms with Gasteiger partial charge in [0.05, 0.1) is 5.56 Å². The summed E-state index contributed by atoms with van der Waals surface area (Å²) in [6, 6.07) is 13.9. The maximum atomic E-state index is 14.3. The van der Waals surface area contributed by atoms with E-state index >= 15 is 0 Å². The molecule has 0 saturated heterocycles. The molecule has 31 heavy (non-hydrogen) atoms. The number of rotatable bonds is 2. The summed E-state index contributed by atoms with van der Waals surface area (Å²) in [7, 11) is 0. The summed E-state index contributed by atoms with van der Waals surface area (Å²) < 4.78 is 26.3. The fraction of sp³-hybridized carbons (Fsp3) is 0.0435. The lowest BCUT2D eigenvalue weighted by molar-refractivity contribution is 0.0966. The zero-order chi connectivity index (χ0) is 22.0. The van der Waals surface area contributed by atoms with Crippen LogP contribution >= 0.6 is 0 Å². The van der Waals surface area contributed by atoms with Gasteiger partial charge in [0.15, 0.2) is 0 Å². The van der Waals surface area contributed by atoms with E-state index in [9.17, 15) is 13.6 Å². The standard InChI is InChI=1S/C17H13FN4O.C6H6FN/c18-14-7-9(19)1-2-11(14)10-3-4-12(16-20-5-6-21-16)15-13(10)8-22-17(15)23;7-5-1-3-6(8)4-2-5/h1-7H,8,19H2,(H,20,21)(H,22,23);1-4H,8H2. The topological polar surface area (TPSA) is 110 Å². The predicted molar refractivity (Wildman–Crippen MR) is 116 cm³/mol. The molecule has 8 heteroatoms. The molecule has 0 radical (unpaired) electrons. The molecule has 1 aliphatic rings. The molecule has 6 N–H and O–H groups in total. The number of halogens is 2. The summed E-state index contributed by atoms with van der Waals surface area (Å²) >= 11 is 0. The number of aromatic amines is 1. The molecule has 2 heterocycles. The molecule has 0 fully saturated rings. The largest absolute Gasteiger partial charge is 0.399 e. The number of imidazole rings is 1. The average molecular weight is 419 g/mol. The molecule has 0 atom stereocenters. The molecular formula is C23H19F2N5O. The maximum absolute atomic E-state index is 14.3. The molecule has 156 valence electrons. The van der Waals surface area contributed by atoms with Gasteiger partial charge < -0.3 is 21.8 Å². The Morgan fingerprint density at radius 3 is 2.19 bits per heavy atom. The molecular weight excluding hydrogens is 400 g/mol. The Morgan fingerprint density at radius 1 is 0.871 bits per heavy atom. The van der Waals surface area contributed by atoms with E-state index in [0.717, 1.165) is 5.56 Å². The minimum absolute atomic E-state index is 0.177. The second-order valence-corrected chi connectivity index (χ2v) is 6.93. The zero-order valence-electron chi connectivity index (χ0n) is 16.3. The Bertz CT molecular complexity index is 1220. The van der Waals surface area contributed by atoms with Crippen molar-refractivity contribution in [2.45, 2.75) is 6.54 Å². The number of carbonyl (C=O) groups excluding carboxylic acids is 1. The van der Waals surface area contributed by atoms with Gasteiger partial charge in [-0.2, -0.15) is 0 Å². The first-order chi connectivity index (χ1) is 14.9. The second-order valence-electron chi connectivity index (χ2n) is 6.93. The van der Waals surface area contributed by atoms with Crippen LogP contribution in [0.4, 0.5) is 20.2 Å². The normalized spacial score (nSPS) is 12.0. The number of anilines is 2. The SMILES string of the molecule is Nc1ccc(-c2ccc(-c3ncc[nH]3)c3c2CNC3=O)c(F)c1.Nc1ccc(F)cc1. The summed E-state index contributed by atoms with van der Waals surface area (Å²) in [6.45, 7) is 0.363. The van der Waals surface area contributed by atoms with Crippen LogP contribution in [0.5, 0.6) is 0 Å². The van der Waals surface area contributed by atoms with Gasteiger partial charge in [0, 0.05) is 41.4 Å². The highest BCUT2D eigenvalue weighted by Gasteiger charge is 2.27. The Labute approximate surface area is 176 Å². The number of benzene rings is 3. The molecule has 0 saturated carbocycles. The van der Waals surface area contributed by atoms with Crippen LogP contribution in [0.2, 0.25) is 0 Å². The molecule has 6 nitrogen and oxygen atoms in total. The van der Waals surface area contributed by atoms with Crippen molar-refractivity contribution in [3.63, 3.8) is 0 Å². The van der Waals surface area contributed by atoms with Crippen LogP contribution in [0.15, 0.2) is 67.0 Å². The van der Waals surface area contributed by atoms with Crippen LogP contribution in [0.25, 0.3) is 22.5 Å². The highest BCUT2D eigenvalue weighted by molar-refractivity contribution is 6.06. The maximum Gasteiger partial charge on any atom is 0.252 e. The summed E-state index contributed by atoms with van der Waals surface area (Å²) in [5.74, 6) is -0.219. The smallest absolute Gasteiger partial charge is 0.252 e. The van der Waals surface area contributed by atoms with Crippen LogP contribution in [-0.4, -0.2) is 15.9 Å². The fourth-order valence-corrected chi connectivity index (χ4v) is 3.42. The summed E-state index contributed by atoms with van der Waals surface area (Å²) in [6.07, 6.45) is 3.32. The van der Waals surface area contributed by atoms with Crippen molar-refractivity contribution >= 4 is 17.3 Å². The van der Waals surface area contributed by atoms with Crippen molar-refractivity contribution in [2.75, 3.05) is 11.5 Å². The molecule has 4 aromatic rings. The van der Waals surface area contributed by atoms with E-state index in [4.69, 9.17) is 11.5 Å². The van der Waals surface area contributed by atoms with E-state index in [1.807, 2.05) is 6.07 Å². The number of nitrogens with two attached hydrogens (primary N) is 2. The van der Waals surface area contributed by atoms with Crippen molar-refractivity contribution in [1.29, 1.82) is 0 Å². The third kappa shape index (κ3) is 4.09. The molecule has 1 aliphatic heterocycles. The second kappa shape index (κ2) is 8.27. The lowest BCUT2D eigenvalue weighted by atomic mass is 9.92. The molecule has 0 spiro atoms. The summed E-state index contributed by atoms with van der Waals surface area (Å²) in [5, 5.41) is 2.80. The Balaban J connectivity index is 0.000000245.